The van der Waals surface area contributed by atoms with Gasteiger partial charge < -0.3 is 19.9 Å². The monoisotopic (exact) mass is 462 g/mol. The third-order valence-electron chi connectivity index (χ3n) is 6.29. The van der Waals surface area contributed by atoms with Crippen LogP contribution in [-0.2, 0) is 4.79 Å². The molecule has 4 rings (SSSR count). The van der Waals surface area contributed by atoms with Crippen molar-refractivity contribution >= 4 is 5.97 Å². The topological polar surface area (TPSA) is 91.6 Å². The molecule has 7 heteroatoms. The minimum atomic E-state index is -0.929. The van der Waals surface area contributed by atoms with Crippen LogP contribution in [0.2, 0.25) is 0 Å². The van der Waals surface area contributed by atoms with Crippen LogP contribution in [0.3, 0.4) is 0 Å². The van der Waals surface area contributed by atoms with Crippen LogP contribution in [-0.4, -0.2) is 24.2 Å². The standard InChI is InChI=1S/C27H27FN2O4/c1-17(30-12-10-18-2-6-21(28)7-3-18)19-4-8-22(9-5-19)34-25-15-26-24(14-20(25)16-29)23(27(31)32)11-13-33-26/h2,4-9,14-15,17-18,23,30H,3,10-13H2,1H3,(H,31,32). The van der Waals surface area contributed by atoms with Crippen molar-refractivity contribution in [3.8, 4) is 23.3 Å². The number of ether oxygens (including phenoxy) is 2. The molecule has 0 amide bonds. The van der Waals surface area contributed by atoms with E-state index in [0.717, 1.165) is 24.9 Å². The van der Waals surface area contributed by atoms with Crippen molar-refractivity contribution in [2.75, 3.05) is 13.2 Å². The van der Waals surface area contributed by atoms with Gasteiger partial charge in [0.15, 0.2) is 0 Å². The minimum absolute atomic E-state index is 0.133. The quantitative estimate of drug-likeness (QED) is 0.517. The average Bonchev–Trinajstić information content (AvgIpc) is 2.84. The molecule has 0 spiro atoms. The number of fused-ring (bicyclic) bond motifs is 1. The fraction of sp³-hybridized carbons (Fsp3) is 0.333. The van der Waals surface area contributed by atoms with Crippen LogP contribution in [0.15, 0.2) is 60.5 Å². The predicted octanol–water partition coefficient (Wildman–Crippen LogP) is 5.77. The number of carboxylic acids is 1. The minimum Gasteiger partial charge on any atom is -0.493 e. The molecule has 1 aliphatic heterocycles. The molecule has 2 aromatic rings. The number of nitrogens with zero attached hydrogens (tertiary/aromatic N) is 1. The molecule has 3 atom stereocenters. The molecule has 0 bridgehead atoms. The zero-order valence-electron chi connectivity index (χ0n) is 19.0. The van der Waals surface area contributed by atoms with Gasteiger partial charge in [-0.2, -0.15) is 5.26 Å². The molecule has 3 unspecified atom stereocenters. The van der Waals surface area contributed by atoms with Crippen LogP contribution in [0.1, 0.15) is 54.8 Å². The highest BCUT2D eigenvalue weighted by atomic mass is 19.1. The first-order chi connectivity index (χ1) is 16.4. The van der Waals surface area contributed by atoms with Crippen LogP contribution in [0.4, 0.5) is 4.39 Å². The smallest absolute Gasteiger partial charge is 0.311 e. The van der Waals surface area contributed by atoms with Gasteiger partial charge in [-0.1, -0.05) is 18.2 Å². The highest BCUT2D eigenvalue weighted by Gasteiger charge is 2.29. The van der Waals surface area contributed by atoms with E-state index in [1.807, 2.05) is 30.3 Å². The van der Waals surface area contributed by atoms with Crippen LogP contribution in [0, 0.1) is 17.2 Å². The Balaban J connectivity index is 1.38. The summed E-state index contributed by atoms with van der Waals surface area (Å²) in [6.07, 6.45) is 7.13. The summed E-state index contributed by atoms with van der Waals surface area (Å²) < 4.78 is 24.6. The van der Waals surface area contributed by atoms with Crippen molar-refractivity contribution in [2.24, 2.45) is 5.92 Å². The van der Waals surface area contributed by atoms with Gasteiger partial charge in [0.2, 0.25) is 0 Å². The number of nitriles is 1. The highest BCUT2D eigenvalue weighted by molar-refractivity contribution is 5.78. The number of carbonyl (C=O) groups is 1. The highest BCUT2D eigenvalue weighted by Crippen LogP contribution is 2.39. The number of halogens is 1. The Morgan fingerprint density at radius 2 is 2.15 bits per heavy atom. The summed E-state index contributed by atoms with van der Waals surface area (Å²) in [6, 6.07) is 13.0. The summed E-state index contributed by atoms with van der Waals surface area (Å²) in [5, 5.41) is 22.5. The Hall–Kier alpha value is -3.63. The molecule has 0 saturated carbocycles. The van der Waals surface area contributed by atoms with E-state index in [9.17, 15) is 19.6 Å². The van der Waals surface area contributed by atoms with E-state index in [0.29, 0.717) is 41.8 Å². The first-order valence-corrected chi connectivity index (χ1v) is 11.4. The first-order valence-electron chi connectivity index (χ1n) is 11.4. The van der Waals surface area contributed by atoms with Crippen molar-refractivity contribution in [1.29, 1.82) is 5.26 Å². The lowest BCUT2D eigenvalue weighted by Crippen LogP contribution is -2.21. The lowest BCUT2D eigenvalue weighted by atomic mass is 9.91. The van der Waals surface area contributed by atoms with Gasteiger partial charge in [-0.15, -0.1) is 0 Å². The number of carboxylic acid groups (broad SMARTS) is 1. The number of hydrogen-bond acceptors (Lipinski definition) is 5. The van der Waals surface area contributed by atoms with Gasteiger partial charge in [0.05, 0.1) is 18.1 Å². The number of nitrogens with one attached hydrogen (secondary N) is 1. The Bertz CT molecular complexity index is 1150. The van der Waals surface area contributed by atoms with E-state index in [4.69, 9.17) is 9.47 Å². The second-order valence-electron chi connectivity index (χ2n) is 8.61. The van der Waals surface area contributed by atoms with Gasteiger partial charge in [0, 0.05) is 17.7 Å². The normalized spacial score (nSPS) is 19.9. The fourth-order valence-corrected chi connectivity index (χ4v) is 4.25. The summed E-state index contributed by atoms with van der Waals surface area (Å²) in [5.74, 6) is -0.0827. The summed E-state index contributed by atoms with van der Waals surface area (Å²) in [7, 11) is 0. The summed E-state index contributed by atoms with van der Waals surface area (Å²) in [6.45, 7) is 3.21. The largest absolute Gasteiger partial charge is 0.493 e. The summed E-state index contributed by atoms with van der Waals surface area (Å²) >= 11 is 0. The number of rotatable bonds is 8. The van der Waals surface area contributed by atoms with E-state index in [1.165, 1.54) is 6.08 Å². The third kappa shape index (κ3) is 5.46. The van der Waals surface area contributed by atoms with E-state index in [2.05, 4.69) is 18.3 Å². The molecule has 0 radical (unpaired) electrons. The van der Waals surface area contributed by atoms with Gasteiger partial charge in [0.1, 0.15) is 29.1 Å². The molecule has 2 aliphatic rings. The van der Waals surface area contributed by atoms with Crippen molar-refractivity contribution < 1.29 is 23.8 Å². The molecule has 0 fully saturated rings. The second kappa shape index (κ2) is 10.5. The van der Waals surface area contributed by atoms with Crippen molar-refractivity contribution in [2.45, 2.75) is 38.1 Å². The van der Waals surface area contributed by atoms with Crippen LogP contribution >= 0.6 is 0 Å². The third-order valence-corrected chi connectivity index (χ3v) is 6.29. The van der Waals surface area contributed by atoms with E-state index in [1.54, 1.807) is 18.2 Å². The number of allylic oxidation sites excluding steroid dienone is 4. The van der Waals surface area contributed by atoms with Crippen molar-refractivity contribution in [3.63, 3.8) is 0 Å². The van der Waals surface area contributed by atoms with Crippen LogP contribution in [0.5, 0.6) is 17.2 Å². The van der Waals surface area contributed by atoms with Gasteiger partial charge in [-0.05, 0) is 74.6 Å². The lowest BCUT2D eigenvalue weighted by molar-refractivity contribution is -0.139. The fourth-order valence-electron chi connectivity index (χ4n) is 4.25. The van der Waals surface area contributed by atoms with Gasteiger partial charge >= 0.3 is 5.97 Å². The van der Waals surface area contributed by atoms with Crippen LogP contribution < -0.4 is 14.8 Å². The van der Waals surface area contributed by atoms with E-state index < -0.39 is 11.9 Å². The maximum Gasteiger partial charge on any atom is 0.311 e. The lowest BCUT2D eigenvalue weighted by Gasteiger charge is -2.24. The zero-order valence-corrected chi connectivity index (χ0v) is 19.0. The molecule has 0 saturated heterocycles. The molecular formula is C27H27FN2O4. The summed E-state index contributed by atoms with van der Waals surface area (Å²) in [5.41, 5.74) is 1.86. The van der Waals surface area contributed by atoms with E-state index >= 15 is 0 Å². The van der Waals surface area contributed by atoms with Crippen molar-refractivity contribution in [3.05, 3.63) is 77.1 Å². The number of hydrogen-bond donors (Lipinski definition) is 2. The maximum atomic E-state index is 13.1. The Morgan fingerprint density at radius 3 is 2.82 bits per heavy atom. The molecule has 0 aromatic heterocycles. The molecule has 2 N–H and O–H groups in total. The van der Waals surface area contributed by atoms with Crippen molar-refractivity contribution in [1.82, 2.24) is 5.32 Å². The maximum absolute atomic E-state index is 13.1. The average molecular weight is 463 g/mol. The molecule has 2 aromatic carbocycles. The van der Waals surface area contributed by atoms with E-state index in [-0.39, 0.29) is 17.4 Å². The number of aliphatic carboxylic acids is 1. The molecule has 6 nitrogen and oxygen atoms in total. The second-order valence-corrected chi connectivity index (χ2v) is 8.61. The SMILES string of the molecule is CC(NCCC1C=CC(F)=CC1)c1ccc(Oc2cc3c(cc2C#N)C(C(=O)O)CCO3)cc1. The zero-order chi connectivity index (χ0) is 24.1. The molecule has 176 valence electrons. The Morgan fingerprint density at radius 1 is 1.35 bits per heavy atom. The van der Waals surface area contributed by atoms with Gasteiger partial charge in [0.25, 0.3) is 0 Å². The molecule has 34 heavy (non-hydrogen) atoms. The molecule has 1 heterocycles. The Labute approximate surface area is 198 Å². The van der Waals surface area contributed by atoms with Gasteiger partial charge in [-0.3, -0.25) is 4.79 Å². The predicted molar refractivity (Wildman–Crippen MR) is 126 cm³/mol. The number of benzene rings is 2. The summed E-state index contributed by atoms with van der Waals surface area (Å²) in [4.78, 5) is 11.5. The van der Waals surface area contributed by atoms with Crippen LogP contribution in [0.25, 0.3) is 0 Å². The Kier molecular flexibility index (Phi) is 7.29. The molecule has 1 aliphatic carbocycles. The first kappa shape index (κ1) is 23.5. The molecular weight excluding hydrogens is 435 g/mol. The van der Waals surface area contributed by atoms with Gasteiger partial charge in [-0.25, -0.2) is 4.39 Å².